The van der Waals surface area contributed by atoms with Gasteiger partial charge in [-0.25, -0.2) is 0 Å². The first kappa shape index (κ1) is 17.4. The summed E-state index contributed by atoms with van der Waals surface area (Å²) in [5.41, 5.74) is 2.39. The highest BCUT2D eigenvalue weighted by Gasteiger charge is 2.30. The number of nitrogens with one attached hydrogen (secondary N) is 1. The monoisotopic (exact) mass is 350 g/mol. The number of nitro groups is 1. The molecule has 0 heterocycles. The van der Waals surface area contributed by atoms with E-state index in [0.717, 1.165) is 24.1 Å². The second-order valence-electron chi connectivity index (χ2n) is 6.30. The third kappa shape index (κ3) is 3.98. The topological polar surface area (TPSA) is 99.3 Å². The fourth-order valence-corrected chi connectivity index (χ4v) is 2.78. The van der Waals surface area contributed by atoms with Crippen LogP contribution in [0.4, 0.5) is 17.1 Å². The summed E-state index contributed by atoms with van der Waals surface area (Å²) in [7, 11) is 0. The first-order valence-electron chi connectivity index (χ1n) is 8.29. The molecule has 0 atom stereocenters. The molecular formula is C19H18N4O3. The number of rotatable bonds is 6. The van der Waals surface area contributed by atoms with E-state index >= 15 is 0 Å². The molecular weight excluding hydrogens is 332 g/mol. The smallest absolute Gasteiger partial charge is 0.270 e. The van der Waals surface area contributed by atoms with Gasteiger partial charge in [0.2, 0.25) is 5.91 Å². The van der Waals surface area contributed by atoms with Gasteiger partial charge in [0.25, 0.3) is 5.69 Å². The molecule has 1 aliphatic rings. The molecule has 1 aliphatic carbocycles. The van der Waals surface area contributed by atoms with Crippen LogP contribution in [0.5, 0.6) is 0 Å². The number of hydrogen-bond donors (Lipinski definition) is 1. The van der Waals surface area contributed by atoms with Crippen molar-refractivity contribution in [2.45, 2.75) is 32.4 Å². The minimum absolute atomic E-state index is 0.0826. The highest BCUT2D eigenvalue weighted by molar-refractivity contribution is 5.74. The largest absolute Gasteiger partial charge is 0.354 e. The van der Waals surface area contributed by atoms with Gasteiger partial charge in [0.05, 0.1) is 16.2 Å². The number of hydrogen-bond acceptors (Lipinski definition) is 5. The van der Waals surface area contributed by atoms with Crippen LogP contribution in [-0.2, 0) is 11.3 Å². The first-order chi connectivity index (χ1) is 12.5. The van der Waals surface area contributed by atoms with E-state index in [1.165, 1.54) is 18.2 Å². The first-order valence-corrected chi connectivity index (χ1v) is 8.29. The summed E-state index contributed by atoms with van der Waals surface area (Å²) in [4.78, 5) is 23.9. The van der Waals surface area contributed by atoms with Crippen molar-refractivity contribution in [2.24, 2.45) is 0 Å². The maximum Gasteiger partial charge on any atom is 0.270 e. The molecule has 0 radical (unpaired) electrons. The molecule has 0 spiro atoms. The van der Waals surface area contributed by atoms with Crippen LogP contribution >= 0.6 is 0 Å². The van der Waals surface area contributed by atoms with Crippen molar-refractivity contribution in [3.05, 3.63) is 63.7 Å². The summed E-state index contributed by atoms with van der Waals surface area (Å²) in [5, 5.41) is 23.1. The van der Waals surface area contributed by atoms with Gasteiger partial charge in [0.1, 0.15) is 6.07 Å². The minimum atomic E-state index is -0.528. The molecule has 0 bridgehead atoms. The maximum absolute atomic E-state index is 11.7. The molecule has 1 N–H and O–H groups in total. The molecule has 0 unspecified atom stereocenters. The second-order valence-corrected chi connectivity index (χ2v) is 6.30. The lowest BCUT2D eigenvalue weighted by Gasteiger charge is -2.20. The Hall–Kier alpha value is -3.40. The number of anilines is 2. The van der Waals surface area contributed by atoms with E-state index in [2.05, 4.69) is 5.32 Å². The van der Waals surface area contributed by atoms with Crippen molar-refractivity contribution in [1.29, 1.82) is 5.26 Å². The van der Waals surface area contributed by atoms with E-state index in [1.54, 1.807) is 6.92 Å². The zero-order valence-electron chi connectivity index (χ0n) is 14.3. The number of carbonyl (C=O) groups excluding carboxylic acids is 1. The van der Waals surface area contributed by atoms with Crippen LogP contribution < -0.4 is 5.32 Å². The van der Waals surface area contributed by atoms with Crippen LogP contribution in [0.15, 0.2) is 42.5 Å². The predicted octanol–water partition coefficient (Wildman–Crippen LogP) is 3.72. The fourth-order valence-electron chi connectivity index (χ4n) is 2.78. The number of amides is 1. The zero-order chi connectivity index (χ0) is 18.7. The number of nitrogens with zero attached hydrogens (tertiary/aromatic N) is 3. The quantitative estimate of drug-likeness (QED) is 0.632. The Morgan fingerprint density at radius 1 is 1.31 bits per heavy atom. The summed E-state index contributed by atoms with van der Waals surface area (Å²) in [6.45, 7) is 2.17. The number of non-ortho nitro benzene ring substituents is 1. The minimum Gasteiger partial charge on any atom is -0.354 e. The van der Waals surface area contributed by atoms with Crippen molar-refractivity contribution < 1.29 is 9.72 Å². The van der Waals surface area contributed by atoms with Gasteiger partial charge in [-0.1, -0.05) is 12.1 Å². The van der Waals surface area contributed by atoms with Crippen LogP contribution in [-0.4, -0.2) is 21.8 Å². The van der Waals surface area contributed by atoms with E-state index in [1.807, 2.05) is 35.2 Å². The van der Waals surface area contributed by atoms with Crippen molar-refractivity contribution >= 4 is 23.0 Å². The summed E-state index contributed by atoms with van der Waals surface area (Å²) < 4.78 is 0. The van der Waals surface area contributed by atoms with E-state index in [0.29, 0.717) is 18.3 Å². The van der Waals surface area contributed by atoms with Crippen LogP contribution in [0.3, 0.4) is 0 Å². The predicted molar refractivity (Wildman–Crippen MR) is 96.8 cm³/mol. The van der Waals surface area contributed by atoms with Crippen LogP contribution in [0, 0.1) is 21.4 Å². The normalized spacial score (nSPS) is 12.9. The van der Waals surface area contributed by atoms with Gasteiger partial charge in [-0.2, -0.15) is 5.26 Å². The van der Waals surface area contributed by atoms with Crippen LogP contribution in [0.2, 0.25) is 0 Å². The standard InChI is InChI=1S/C19H18N4O3/c1-13(24)22(17-6-7-17)12-14-2-4-16(5-3-14)21-19-9-8-18(23(25)26)10-15(19)11-20/h2-5,8-10,17,21H,6-7,12H2,1H3. The van der Waals surface area contributed by atoms with E-state index in [4.69, 9.17) is 0 Å². The van der Waals surface area contributed by atoms with Crippen molar-refractivity contribution in [3.63, 3.8) is 0 Å². The molecule has 0 aliphatic heterocycles. The lowest BCUT2D eigenvalue weighted by molar-refractivity contribution is -0.384. The van der Waals surface area contributed by atoms with Gasteiger partial charge in [-0.3, -0.25) is 14.9 Å². The van der Waals surface area contributed by atoms with Gasteiger partial charge < -0.3 is 10.2 Å². The molecule has 1 saturated carbocycles. The Morgan fingerprint density at radius 3 is 2.54 bits per heavy atom. The molecule has 2 aromatic carbocycles. The maximum atomic E-state index is 11.7. The third-order valence-corrected chi connectivity index (χ3v) is 4.31. The molecule has 7 nitrogen and oxygen atoms in total. The Kier molecular flexibility index (Phi) is 4.85. The SMILES string of the molecule is CC(=O)N(Cc1ccc(Nc2ccc([N+](=O)[O-])cc2C#N)cc1)C1CC1. The molecule has 2 aromatic rings. The molecule has 132 valence electrons. The van der Waals surface area contributed by atoms with Crippen molar-refractivity contribution in [1.82, 2.24) is 4.90 Å². The summed E-state index contributed by atoms with van der Waals surface area (Å²) >= 11 is 0. The van der Waals surface area contributed by atoms with Gasteiger partial charge in [-0.05, 0) is 36.6 Å². The summed E-state index contributed by atoms with van der Waals surface area (Å²) in [5.74, 6) is 0.0826. The van der Waals surface area contributed by atoms with Crippen LogP contribution in [0.1, 0.15) is 30.9 Å². The summed E-state index contributed by atoms with van der Waals surface area (Å²) in [6, 6.07) is 14.0. The average molecular weight is 350 g/mol. The van der Waals surface area contributed by atoms with Crippen molar-refractivity contribution in [2.75, 3.05) is 5.32 Å². The Bertz CT molecular complexity index is 883. The number of nitriles is 1. The van der Waals surface area contributed by atoms with E-state index in [9.17, 15) is 20.2 Å². The number of benzene rings is 2. The molecule has 1 fully saturated rings. The Balaban J connectivity index is 1.72. The zero-order valence-corrected chi connectivity index (χ0v) is 14.3. The van der Waals surface area contributed by atoms with E-state index < -0.39 is 4.92 Å². The van der Waals surface area contributed by atoms with E-state index in [-0.39, 0.29) is 17.2 Å². The summed E-state index contributed by atoms with van der Waals surface area (Å²) in [6.07, 6.45) is 2.13. The van der Waals surface area contributed by atoms with Gasteiger partial charge >= 0.3 is 0 Å². The molecule has 0 aromatic heterocycles. The Morgan fingerprint density at radius 2 is 2.00 bits per heavy atom. The molecule has 3 rings (SSSR count). The molecule has 26 heavy (non-hydrogen) atoms. The lowest BCUT2D eigenvalue weighted by Crippen LogP contribution is -2.30. The highest BCUT2D eigenvalue weighted by Crippen LogP contribution is 2.29. The molecule has 1 amide bonds. The highest BCUT2D eigenvalue weighted by atomic mass is 16.6. The average Bonchev–Trinajstić information content (AvgIpc) is 3.45. The number of nitro benzene ring substituents is 1. The van der Waals surface area contributed by atoms with Crippen LogP contribution in [0.25, 0.3) is 0 Å². The van der Waals surface area contributed by atoms with Gasteiger partial charge in [-0.15, -0.1) is 0 Å². The fraction of sp³-hybridized carbons (Fsp3) is 0.263. The van der Waals surface area contributed by atoms with Crippen molar-refractivity contribution in [3.8, 4) is 6.07 Å². The number of carbonyl (C=O) groups is 1. The molecule has 7 heteroatoms. The van der Waals surface area contributed by atoms with Gasteiger partial charge in [0, 0.05) is 37.3 Å². The lowest BCUT2D eigenvalue weighted by atomic mass is 10.1. The third-order valence-electron chi connectivity index (χ3n) is 4.31. The Labute approximate surface area is 151 Å². The van der Waals surface area contributed by atoms with Gasteiger partial charge in [0.15, 0.2) is 0 Å². The molecule has 0 saturated heterocycles. The second kappa shape index (κ2) is 7.23.